The van der Waals surface area contributed by atoms with Gasteiger partial charge >= 0.3 is 6.03 Å². The van der Waals surface area contributed by atoms with Gasteiger partial charge in [-0.3, -0.25) is 0 Å². The number of hydrogen-bond acceptors (Lipinski definition) is 4. The highest BCUT2D eigenvalue weighted by Gasteiger charge is 2.35. The van der Waals surface area contributed by atoms with Gasteiger partial charge in [0.1, 0.15) is 16.9 Å². The minimum absolute atomic E-state index is 0.00892. The lowest BCUT2D eigenvalue weighted by Gasteiger charge is -2.18. The first-order valence-electron chi connectivity index (χ1n) is 8.40. The summed E-state index contributed by atoms with van der Waals surface area (Å²) in [4.78, 5) is 16.8. The van der Waals surface area contributed by atoms with Crippen LogP contribution in [0.25, 0.3) is 0 Å². The number of nitrogens with zero attached hydrogens (tertiary/aromatic N) is 1. The lowest BCUT2D eigenvalue weighted by Crippen LogP contribution is -2.42. The molecule has 2 aromatic rings. The van der Waals surface area contributed by atoms with Crippen LogP contribution >= 0.6 is 11.3 Å². The summed E-state index contributed by atoms with van der Waals surface area (Å²) in [5.41, 5.74) is 2.22. The average molecular weight is 343 g/mol. The summed E-state index contributed by atoms with van der Waals surface area (Å²) in [5.74, 6) is 1.45. The molecule has 1 fully saturated rings. The molecule has 4 rings (SSSR count). The molecule has 0 radical (unpaired) electrons. The molecule has 0 bridgehead atoms. The van der Waals surface area contributed by atoms with Crippen LogP contribution in [0.15, 0.2) is 29.6 Å². The Kier molecular flexibility index (Phi) is 4.14. The molecule has 126 valence electrons. The Morgan fingerprint density at radius 3 is 2.96 bits per heavy atom. The zero-order valence-corrected chi connectivity index (χ0v) is 14.4. The number of amides is 2. The van der Waals surface area contributed by atoms with Gasteiger partial charge < -0.3 is 15.4 Å². The van der Waals surface area contributed by atoms with E-state index >= 15 is 0 Å². The van der Waals surface area contributed by atoms with Crippen molar-refractivity contribution >= 4 is 17.4 Å². The Bertz CT molecular complexity index is 716. The summed E-state index contributed by atoms with van der Waals surface area (Å²) in [6.07, 6.45) is 3.17. The average Bonchev–Trinajstić information content (AvgIpc) is 3.19. The van der Waals surface area contributed by atoms with Crippen LogP contribution in [0.2, 0.25) is 0 Å². The van der Waals surface area contributed by atoms with E-state index in [2.05, 4.69) is 21.7 Å². The van der Waals surface area contributed by atoms with E-state index in [-0.39, 0.29) is 18.2 Å². The molecule has 2 amide bonds. The molecule has 2 atom stereocenters. The van der Waals surface area contributed by atoms with Crippen molar-refractivity contribution in [2.24, 2.45) is 5.92 Å². The second-order valence-corrected chi connectivity index (χ2v) is 7.44. The SMILES string of the molecule is Cc1csc([C@H](NC(=O)NC[C@@H]2Cc3ccccc3O2)C2CC2)n1. The molecule has 0 unspecified atom stereocenters. The molecule has 1 saturated carbocycles. The van der Waals surface area contributed by atoms with Crippen molar-refractivity contribution in [1.29, 1.82) is 0 Å². The van der Waals surface area contributed by atoms with Crippen LogP contribution in [0.1, 0.15) is 35.1 Å². The number of urea groups is 1. The maximum atomic E-state index is 12.3. The fraction of sp³-hybridized carbons (Fsp3) is 0.444. The van der Waals surface area contributed by atoms with E-state index in [9.17, 15) is 4.79 Å². The van der Waals surface area contributed by atoms with Crippen LogP contribution in [-0.2, 0) is 6.42 Å². The molecule has 1 aliphatic carbocycles. The van der Waals surface area contributed by atoms with Gasteiger partial charge in [0.15, 0.2) is 0 Å². The minimum atomic E-state index is -0.140. The number of thiazole rings is 1. The highest BCUT2D eigenvalue weighted by molar-refractivity contribution is 7.09. The Balaban J connectivity index is 1.30. The number of carbonyl (C=O) groups excluding carboxylic acids is 1. The number of hydrogen-bond donors (Lipinski definition) is 2. The molecule has 2 aliphatic rings. The summed E-state index contributed by atoms with van der Waals surface area (Å²) >= 11 is 1.62. The van der Waals surface area contributed by atoms with Gasteiger partial charge in [0, 0.05) is 17.5 Å². The predicted molar refractivity (Wildman–Crippen MR) is 93.4 cm³/mol. The van der Waals surface area contributed by atoms with Gasteiger partial charge in [0.05, 0.1) is 12.6 Å². The lowest BCUT2D eigenvalue weighted by molar-refractivity contribution is 0.211. The smallest absolute Gasteiger partial charge is 0.315 e. The van der Waals surface area contributed by atoms with Gasteiger partial charge in [-0.25, -0.2) is 9.78 Å². The molecule has 0 spiro atoms. The normalized spacial score (nSPS) is 20.1. The number of nitrogens with one attached hydrogen (secondary N) is 2. The van der Waals surface area contributed by atoms with Crippen molar-refractivity contribution in [1.82, 2.24) is 15.6 Å². The van der Waals surface area contributed by atoms with E-state index in [0.717, 1.165) is 35.7 Å². The quantitative estimate of drug-likeness (QED) is 0.876. The maximum absolute atomic E-state index is 12.3. The van der Waals surface area contributed by atoms with Crippen molar-refractivity contribution in [2.45, 2.75) is 38.3 Å². The number of benzene rings is 1. The predicted octanol–water partition coefficient (Wildman–Crippen LogP) is 3.21. The molecule has 24 heavy (non-hydrogen) atoms. The number of carbonyl (C=O) groups is 1. The number of ether oxygens (including phenoxy) is 1. The van der Waals surface area contributed by atoms with Crippen LogP contribution in [0.5, 0.6) is 5.75 Å². The lowest BCUT2D eigenvalue weighted by atomic mass is 10.1. The molecule has 2 N–H and O–H groups in total. The molecule has 2 heterocycles. The van der Waals surface area contributed by atoms with Crippen molar-refractivity contribution in [2.75, 3.05) is 6.54 Å². The third-order valence-corrected chi connectivity index (χ3v) is 5.53. The summed E-state index contributed by atoms with van der Waals surface area (Å²) in [5, 5.41) is 9.09. The molecule has 6 heteroatoms. The summed E-state index contributed by atoms with van der Waals surface area (Å²) in [7, 11) is 0. The number of aryl methyl sites for hydroxylation is 1. The topological polar surface area (TPSA) is 63.2 Å². The van der Waals surface area contributed by atoms with Crippen LogP contribution in [0.3, 0.4) is 0 Å². The fourth-order valence-electron chi connectivity index (χ4n) is 3.09. The molecular weight excluding hydrogens is 322 g/mol. The molecule has 1 aromatic heterocycles. The van der Waals surface area contributed by atoms with Gasteiger partial charge in [0.25, 0.3) is 0 Å². The number of aromatic nitrogens is 1. The zero-order valence-electron chi connectivity index (χ0n) is 13.6. The monoisotopic (exact) mass is 343 g/mol. The second-order valence-electron chi connectivity index (χ2n) is 6.55. The molecule has 1 aliphatic heterocycles. The molecule has 1 aromatic carbocycles. The van der Waals surface area contributed by atoms with Crippen LogP contribution < -0.4 is 15.4 Å². The number of fused-ring (bicyclic) bond motifs is 1. The van der Waals surface area contributed by atoms with E-state index in [1.54, 1.807) is 11.3 Å². The molecular formula is C18H21N3O2S. The largest absolute Gasteiger partial charge is 0.488 e. The first-order valence-corrected chi connectivity index (χ1v) is 9.28. The standard InChI is InChI=1S/C18H21N3O2S/c1-11-10-24-17(20-11)16(12-6-7-12)21-18(22)19-9-14-8-13-4-2-3-5-15(13)23-14/h2-5,10,12,14,16H,6-9H2,1H3,(H2,19,21,22)/t14-,16+/m0/s1. The fourth-order valence-corrected chi connectivity index (χ4v) is 4.03. The van der Waals surface area contributed by atoms with Gasteiger partial charge in [-0.1, -0.05) is 18.2 Å². The van der Waals surface area contributed by atoms with Gasteiger partial charge in [0.2, 0.25) is 0 Å². The first kappa shape index (κ1) is 15.4. The van der Waals surface area contributed by atoms with E-state index in [1.165, 1.54) is 5.56 Å². The second kappa shape index (κ2) is 6.43. The number of para-hydroxylation sites is 1. The Morgan fingerprint density at radius 2 is 2.25 bits per heavy atom. The van der Waals surface area contributed by atoms with Gasteiger partial charge in [-0.2, -0.15) is 0 Å². The van der Waals surface area contributed by atoms with E-state index < -0.39 is 0 Å². The zero-order chi connectivity index (χ0) is 16.5. The molecule has 0 saturated heterocycles. The van der Waals surface area contributed by atoms with Crippen molar-refractivity contribution in [3.05, 3.63) is 45.9 Å². The van der Waals surface area contributed by atoms with Crippen LogP contribution in [0.4, 0.5) is 4.79 Å². The third-order valence-electron chi connectivity index (χ3n) is 4.49. The van der Waals surface area contributed by atoms with Crippen LogP contribution in [-0.4, -0.2) is 23.7 Å². The number of rotatable bonds is 5. The van der Waals surface area contributed by atoms with Crippen molar-refractivity contribution in [3.8, 4) is 5.75 Å². The minimum Gasteiger partial charge on any atom is -0.488 e. The Labute approximate surface area is 145 Å². The highest BCUT2D eigenvalue weighted by atomic mass is 32.1. The van der Waals surface area contributed by atoms with Crippen molar-refractivity contribution < 1.29 is 9.53 Å². The van der Waals surface area contributed by atoms with Gasteiger partial charge in [-0.15, -0.1) is 11.3 Å². The first-order chi connectivity index (χ1) is 11.7. The van der Waals surface area contributed by atoms with E-state index in [1.807, 2.05) is 30.5 Å². The summed E-state index contributed by atoms with van der Waals surface area (Å²) in [6, 6.07) is 7.93. The summed E-state index contributed by atoms with van der Waals surface area (Å²) < 4.78 is 5.86. The van der Waals surface area contributed by atoms with Crippen molar-refractivity contribution in [3.63, 3.8) is 0 Å². The highest BCUT2D eigenvalue weighted by Crippen LogP contribution is 2.41. The third kappa shape index (κ3) is 3.38. The van der Waals surface area contributed by atoms with Gasteiger partial charge in [-0.05, 0) is 37.3 Å². The Morgan fingerprint density at radius 1 is 1.42 bits per heavy atom. The summed E-state index contributed by atoms with van der Waals surface area (Å²) in [6.45, 7) is 2.49. The molecule has 5 nitrogen and oxygen atoms in total. The van der Waals surface area contributed by atoms with E-state index in [0.29, 0.717) is 12.5 Å². The van der Waals surface area contributed by atoms with Crippen LogP contribution in [0, 0.1) is 12.8 Å². The maximum Gasteiger partial charge on any atom is 0.315 e. The Hall–Kier alpha value is -2.08. The van der Waals surface area contributed by atoms with E-state index in [4.69, 9.17) is 4.74 Å².